The van der Waals surface area contributed by atoms with Gasteiger partial charge in [0, 0.05) is 24.4 Å². The van der Waals surface area contributed by atoms with Crippen LogP contribution in [0.25, 0.3) is 5.69 Å². The van der Waals surface area contributed by atoms with Gasteiger partial charge in [-0.1, -0.05) is 35.0 Å². The molecule has 1 aromatic carbocycles. The number of nitrogens with zero attached hydrogens (tertiary/aromatic N) is 2. The van der Waals surface area contributed by atoms with E-state index in [1.807, 2.05) is 37.4 Å². The Bertz CT molecular complexity index is 1130. The summed E-state index contributed by atoms with van der Waals surface area (Å²) in [5, 5.41) is 7.00. The average molecular weight is 428 g/mol. The van der Waals surface area contributed by atoms with Crippen molar-refractivity contribution in [2.45, 2.75) is 19.4 Å². The maximum absolute atomic E-state index is 12.1. The van der Waals surface area contributed by atoms with Crippen molar-refractivity contribution >= 4 is 34.6 Å². The van der Waals surface area contributed by atoms with Gasteiger partial charge in [0.05, 0.1) is 21.5 Å². The first-order chi connectivity index (χ1) is 14.0. The Balaban J connectivity index is 1.37. The van der Waals surface area contributed by atoms with Crippen molar-refractivity contribution < 1.29 is 9.63 Å². The molecule has 3 heterocycles. The van der Waals surface area contributed by atoms with Crippen molar-refractivity contribution in [3.05, 3.63) is 85.4 Å². The van der Waals surface area contributed by atoms with Crippen LogP contribution in [0, 0.1) is 6.92 Å². The number of halogens is 1. The van der Waals surface area contributed by atoms with E-state index in [2.05, 4.69) is 10.5 Å². The lowest BCUT2D eigenvalue weighted by Crippen LogP contribution is -2.31. The first kappa shape index (κ1) is 19.4. The molecular weight excluding hydrogens is 410 g/mol. The highest BCUT2D eigenvalue weighted by Crippen LogP contribution is 2.22. The predicted octanol–water partition coefficient (Wildman–Crippen LogP) is 3.78. The number of hydrogen-bond acceptors (Lipinski definition) is 5. The van der Waals surface area contributed by atoms with Crippen LogP contribution in [0.4, 0.5) is 0 Å². The quantitative estimate of drug-likeness (QED) is 0.673. The first-order valence-corrected chi connectivity index (χ1v) is 10.3. The second kappa shape index (κ2) is 8.23. The number of rotatable bonds is 5. The van der Waals surface area contributed by atoms with Crippen LogP contribution in [0.2, 0.25) is 4.34 Å². The summed E-state index contributed by atoms with van der Waals surface area (Å²) in [6, 6.07) is 14.3. The molecule has 1 N–H and O–H groups in total. The molecule has 0 spiro atoms. The zero-order chi connectivity index (χ0) is 20.4. The molecule has 1 amide bonds. The van der Waals surface area contributed by atoms with Gasteiger partial charge in [0.2, 0.25) is 0 Å². The van der Waals surface area contributed by atoms with E-state index in [1.54, 1.807) is 28.8 Å². The number of aromatic nitrogens is 1. The fraction of sp³-hybridized carbons (Fsp3) is 0.190. The van der Waals surface area contributed by atoms with Gasteiger partial charge in [0.15, 0.2) is 0 Å². The van der Waals surface area contributed by atoms with Crippen LogP contribution in [-0.4, -0.2) is 28.8 Å². The summed E-state index contributed by atoms with van der Waals surface area (Å²) in [4.78, 5) is 30.2. The molecule has 0 fully saturated rings. The molecule has 3 aromatic rings. The van der Waals surface area contributed by atoms with Crippen LogP contribution in [-0.2, 0) is 4.84 Å². The molecule has 0 radical (unpaired) electrons. The zero-order valence-corrected chi connectivity index (χ0v) is 17.2. The van der Waals surface area contributed by atoms with E-state index in [-0.39, 0.29) is 17.6 Å². The van der Waals surface area contributed by atoms with Crippen LogP contribution < -0.4 is 10.9 Å². The molecule has 0 aliphatic carbocycles. The van der Waals surface area contributed by atoms with Gasteiger partial charge in [0.25, 0.3) is 11.5 Å². The largest absolute Gasteiger partial charge is 0.390 e. The van der Waals surface area contributed by atoms with Crippen LogP contribution >= 0.6 is 22.9 Å². The Kier molecular flexibility index (Phi) is 5.51. The fourth-order valence-electron chi connectivity index (χ4n) is 3.05. The molecule has 0 bridgehead atoms. The number of hydrogen-bond donors (Lipinski definition) is 1. The van der Waals surface area contributed by atoms with E-state index in [4.69, 9.17) is 16.4 Å². The number of carbonyl (C=O) groups excluding carboxylic acids is 1. The number of benzene rings is 1. The van der Waals surface area contributed by atoms with E-state index in [1.165, 1.54) is 11.3 Å². The molecule has 2 aromatic heterocycles. The smallest absolute Gasteiger partial charge is 0.261 e. The van der Waals surface area contributed by atoms with Gasteiger partial charge in [-0.05, 0) is 42.3 Å². The highest BCUT2D eigenvalue weighted by molar-refractivity contribution is 7.17. The van der Waals surface area contributed by atoms with Crippen LogP contribution in [0.3, 0.4) is 0 Å². The van der Waals surface area contributed by atoms with Gasteiger partial charge in [-0.15, -0.1) is 11.3 Å². The molecule has 1 atom stereocenters. The third-order valence-corrected chi connectivity index (χ3v) is 5.79. The lowest BCUT2D eigenvalue weighted by Gasteiger charge is -2.09. The number of thiophene rings is 1. The Morgan fingerprint density at radius 2 is 2.03 bits per heavy atom. The summed E-state index contributed by atoms with van der Waals surface area (Å²) in [6.45, 7) is 2.30. The maximum Gasteiger partial charge on any atom is 0.261 e. The SMILES string of the molecule is Cc1ccc(=O)n(-c2ccc(C3=NOC(CNC(=O)c4ccc(Cl)s4)C3)cc2)c1. The number of oxime groups is 1. The molecule has 6 nitrogen and oxygen atoms in total. The monoisotopic (exact) mass is 427 g/mol. The lowest BCUT2D eigenvalue weighted by molar-refractivity contribution is 0.0755. The Morgan fingerprint density at radius 3 is 2.76 bits per heavy atom. The summed E-state index contributed by atoms with van der Waals surface area (Å²) in [7, 11) is 0. The minimum Gasteiger partial charge on any atom is -0.390 e. The summed E-state index contributed by atoms with van der Waals surface area (Å²) in [6.07, 6.45) is 2.19. The van der Waals surface area contributed by atoms with Gasteiger partial charge < -0.3 is 10.2 Å². The number of aryl methyl sites for hydroxylation is 1. The third-order valence-electron chi connectivity index (χ3n) is 4.56. The number of carbonyl (C=O) groups is 1. The predicted molar refractivity (Wildman–Crippen MR) is 114 cm³/mol. The van der Waals surface area contributed by atoms with Crippen molar-refractivity contribution in [1.29, 1.82) is 0 Å². The van der Waals surface area contributed by atoms with Gasteiger partial charge in [0.1, 0.15) is 6.10 Å². The third kappa shape index (κ3) is 4.41. The molecule has 0 saturated heterocycles. The zero-order valence-electron chi connectivity index (χ0n) is 15.6. The van der Waals surface area contributed by atoms with Gasteiger partial charge in [-0.3, -0.25) is 14.2 Å². The molecule has 0 saturated carbocycles. The summed E-state index contributed by atoms with van der Waals surface area (Å²) in [5.41, 5.74) is 3.46. The number of pyridine rings is 1. The first-order valence-electron chi connectivity index (χ1n) is 9.06. The Hall–Kier alpha value is -2.90. The Labute approximate surface area is 176 Å². The fourth-order valence-corrected chi connectivity index (χ4v) is 4.01. The van der Waals surface area contributed by atoms with E-state index in [9.17, 15) is 9.59 Å². The summed E-state index contributed by atoms with van der Waals surface area (Å²) in [5.74, 6) is -0.174. The van der Waals surface area contributed by atoms with Crippen molar-refractivity contribution in [1.82, 2.24) is 9.88 Å². The molecule has 1 aliphatic rings. The van der Waals surface area contributed by atoms with Gasteiger partial charge >= 0.3 is 0 Å². The van der Waals surface area contributed by atoms with Crippen LogP contribution in [0.5, 0.6) is 0 Å². The van der Waals surface area contributed by atoms with Crippen molar-refractivity contribution in [3.8, 4) is 5.69 Å². The summed E-state index contributed by atoms with van der Waals surface area (Å²) >= 11 is 7.10. The molecule has 4 rings (SSSR count). The van der Waals surface area contributed by atoms with Crippen molar-refractivity contribution in [2.75, 3.05) is 6.54 Å². The second-order valence-electron chi connectivity index (χ2n) is 6.74. The molecule has 29 heavy (non-hydrogen) atoms. The lowest BCUT2D eigenvalue weighted by atomic mass is 10.0. The van der Waals surface area contributed by atoms with Gasteiger partial charge in [-0.25, -0.2) is 0 Å². The van der Waals surface area contributed by atoms with Crippen molar-refractivity contribution in [2.24, 2.45) is 5.16 Å². The minimum atomic E-state index is -0.219. The molecule has 1 unspecified atom stereocenters. The summed E-state index contributed by atoms with van der Waals surface area (Å²) < 4.78 is 2.19. The second-order valence-corrected chi connectivity index (χ2v) is 8.46. The number of nitrogens with one attached hydrogen (secondary N) is 1. The van der Waals surface area contributed by atoms with Gasteiger partial charge in [-0.2, -0.15) is 0 Å². The van der Waals surface area contributed by atoms with E-state index < -0.39 is 0 Å². The minimum absolute atomic E-state index is 0.0762. The van der Waals surface area contributed by atoms with E-state index >= 15 is 0 Å². The van der Waals surface area contributed by atoms with E-state index in [0.717, 1.165) is 22.5 Å². The maximum atomic E-state index is 12.1. The topological polar surface area (TPSA) is 72.7 Å². The molecule has 1 aliphatic heterocycles. The molecular formula is C21H18ClN3O3S. The molecule has 148 valence electrons. The average Bonchev–Trinajstić information content (AvgIpc) is 3.37. The highest BCUT2D eigenvalue weighted by Gasteiger charge is 2.23. The van der Waals surface area contributed by atoms with Crippen LogP contribution in [0.1, 0.15) is 27.2 Å². The van der Waals surface area contributed by atoms with Crippen molar-refractivity contribution in [3.63, 3.8) is 0 Å². The number of amides is 1. The Morgan fingerprint density at radius 1 is 1.24 bits per heavy atom. The highest BCUT2D eigenvalue weighted by atomic mass is 35.5. The van der Waals surface area contributed by atoms with E-state index in [0.29, 0.717) is 22.2 Å². The standard InChI is InChI=1S/C21H18ClN3O3S/c1-13-2-9-20(26)25(12-13)15-5-3-14(4-6-15)17-10-16(28-24-17)11-23-21(27)18-7-8-19(22)29-18/h2-9,12,16H,10-11H2,1H3,(H,23,27). The normalized spacial score (nSPS) is 15.7. The molecule has 8 heteroatoms. The van der Waals surface area contributed by atoms with Crippen LogP contribution in [0.15, 0.2) is 64.7 Å².